The number of rotatable bonds is 5. The van der Waals surface area contributed by atoms with Gasteiger partial charge in [-0.25, -0.2) is 9.59 Å². The van der Waals surface area contributed by atoms with Crippen molar-refractivity contribution in [1.29, 1.82) is 0 Å². The number of hydrogen-bond acceptors (Lipinski definition) is 3. The maximum atomic E-state index is 10.3. The molecule has 0 saturated carbocycles. The molecule has 0 aliphatic carbocycles. The fourth-order valence-electron chi connectivity index (χ4n) is 0.376. The molecule has 0 amide bonds. The van der Waals surface area contributed by atoms with Crippen LogP contribution in [0.2, 0.25) is 0 Å². The molecule has 0 radical (unpaired) electrons. The van der Waals surface area contributed by atoms with E-state index in [0.717, 1.165) is 18.9 Å². The molecule has 4 heteroatoms. The van der Waals surface area contributed by atoms with E-state index in [-0.39, 0.29) is 5.97 Å². The van der Waals surface area contributed by atoms with Crippen molar-refractivity contribution in [1.82, 2.24) is 0 Å². The standard InChI is InChI=1S/C7H12O2.C3H4O2.2C2H4/c1-3-5-6-9-7(8)4-2;1-2-3(4)5;2*1-2/h4H,2-3,5-6H2,1H3;2H,1H2,(H,4,5);2*1-2H2. The summed E-state index contributed by atoms with van der Waals surface area (Å²) in [4.78, 5) is 19.6. The summed E-state index contributed by atoms with van der Waals surface area (Å²) in [5.74, 6) is -1.31. The average Bonchev–Trinajstić information content (AvgIpc) is 2.44. The predicted molar refractivity (Wildman–Crippen MR) is 76.4 cm³/mol. The molecule has 0 heterocycles. The molecule has 104 valence electrons. The zero-order valence-electron chi connectivity index (χ0n) is 11.2. The minimum absolute atomic E-state index is 0.330. The van der Waals surface area contributed by atoms with Crippen molar-refractivity contribution < 1.29 is 19.4 Å². The molecule has 0 aromatic heterocycles. The summed E-state index contributed by atoms with van der Waals surface area (Å²) in [6, 6.07) is 0. The topological polar surface area (TPSA) is 63.6 Å². The summed E-state index contributed by atoms with van der Waals surface area (Å²) in [5, 5.41) is 7.60. The van der Waals surface area contributed by atoms with Gasteiger partial charge < -0.3 is 9.84 Å². The zero-order chi connectivity index (χ0) is 15.4. The van der Waals surface area contributed by atoms with E-state index in [4.69, 9.17) is 5.11 Å². The second-order valence-electron chi connectivity index (χ2n) is 2.27. The Balaban J connectivity index is -0.0000000925. The Morgan fingerprint density at radius 2 is 1.50 bits per heavy atom. The van der Waals surface area contributed by atoms with Crippen molar-refractivity contribution in [2.75, 3.05) is 6.61 Å². The third kappa shape index (κ3) is 48.6. The minimum Gasteiger partial charge on any atom is -0.478 e. The predicted octanol–water partition coefficient (Wildman–Crippen LogP) is 3.38. The highest BCUT2D eigenvalue weighted by atomic mass is 16.5. The van der Waals surface area contributed by atoms with Crippen LogP contribution < -0.4 is 0 Å². The van der Waals surface area contributed by atoms with Crippen LogP contribution in [0.1, 0.15) is 19.8 Å². The smallest absolute Gasteiger partial charge is 0.330 e. The summed E-state index contributed by atoms with van der Waals surface area (Å²) in [6.07, 6.45) is 3.99. The third-order valence-corrected chi connectivity index (χ3v) is 1.08. The molecule has 0 spiro atoms. The van der Waals surface area contributed by atoms with E-state index < -0.39 is 5.97 Å². The Labute approximate surface area is 110 Å². The fourth-order valence-corrected chi connectivity index (χ4v) is 0.376. The molecule has 0 aromatic carbocycles. The number of hydrogen-bond donors (Lipinski definition) is 1. The van der Waals surface area contributed by atoms with Gasteiger partial charge in [-0.3, -0.25) is 0 Å². The van der Waals surface area contributed by atoms with Crippen LogP contribution in [0.5, 0.6) is 0 Å². The van der Waals surface area contributed by atoms with Crippen LogP contribution in [0.15, 0.2) is 51.6 Å². The summed E-state index contributed by atoms with van der Waals surface area (Å²) >= 11 is 0. The maximum absolute atomic E-state index is 10.3. The molecule has 0 bridgehead atoms. The van der Waals surface area contributed by atoms with Gasteiger partial charge in [0.2, 0.25) is 0 Å². The average molecular weight is 256 g/mol. The number of carbonyl (C=O) groups is 2. The van der Waals surface area contributed by atoms with E-state index in [1.165, 1.54) is 6.08 Å². The Bertz CT molecular complexity index is 220. The van der Waals surface area contributed by atoms with Gasteiger partial charge in [-0.1, -0.05) is 26.5 Å². The first kappa shape index (κ1) is 24.9. The van der Waals surface area contributed by atoms with Crippen LogP contribution in [-0.4, -0.2) is 23.7 Å². The Morgan fingerprint density at radius 3 is 1.72 bits per heavy atom. The van der Waals surface area contributed by atoms with Gasteiger partial charge in [-0.15, -0.1) is 26.3 Å². The molecule has 0 saturated heterocycles. The van der Waals surface area contributed by atoms with Crippen LogP contribution in [0.25, 0.3) is 0 Å². The van der Waals surface area contributed by atoms with E-state index in [2.05, 4.69) is 44.2 Å². The lowest BCUT2D eigenvalue weighted by atomic mass is 10.4. The molecule has 18 heavy (non-hydrogen) atoms. The van der Waals surface area contributed by atoms with Gasteiger partial charge in [-0.05, 0) is 6.42 Å². The van der Waals surface area contributed by atoms with Crippen molar-refractivity contribution in [3.05, 3.63) is 51.6 Å². The molecule has 0 fully saturated rings. The van der Waals surface area contributed by atoms with Crippen molar-refractivity contribution in [3.8, 4) is 0 Å². The fraction of sp³-hybridized carbons (Fsp3) is 0.286. The quantitative estimate of drug-likeness (QED) is 0.354. The van der Waals surface area contributed by atoms with Crippen molar-refractivity contribution in [2.45, 2.75) is 19.8 Å². The highest BCUT2D eigenvalue weighted by Crippen LogP contribution is 1.88. The Kier molecular flexibility index (Phi) is 40.7. The summed E-state index contributed by atoms with van der Waals surface area (Å²) in [7, 11) is 0. The molecular formula is C14H24O4. The SMILES string of the molecule is C=C.C=C.C=CC(=O)O.C=CC(=O)OCCCC. The van der Waals surface area contributed by atoms with E-state index in [0.29, 0.717) is 6.61 Å². The van der Waals surface area contributed by atoms with Gasteiger partial charge in [0.05, 0.1) is 6.61 Å². The molecule has 0 aromatic rings. The largest absolute Gasteiger partial charge is 0.478 e. The summed E-state index contributed by atoms with van der Waals surface area (Å²) < 4.78 is 4.67. The Hall–Kier alpha value is -2.10. The first-order valence-corrected chi connectivity index (χ1v) is 5.23. The van der Waals surface area contributed by atoms with Crippen LogP contribution in [0.4, 0.5) is 0 Å². The van der Waals surface area contributed by atoms with Crippen molar-refractivity contribution in [3.63, 3.8) is 0 Å². The van der Waals surface area contributed by atoms with Crippen molar-refractivity contribution >= 4 is 11.9 Å². The number of carboxylic acids is 1. The Morgan fingerprint density at radius 1 is 1.11 bits per heavy atom. The molecule has 0 unspecified atom stereocenters. The second kappa shape index (κ2) is 29.4. The van der Waals surface area contributed by atoms with Crippen LogP contribution in [0.3, 0.4) is 0 Å². The summed E-state index contributed by atoms with van der Waals surface area (Å²) in [6.45, 7) is 20.8. The number of carboxylic acid groups (broad SMARTS) is 1. The monoisotopic (exact) mass is 256 g/mol. The van der Waals surface area contributed by atoms with E-state index >= 15 is 0 Å². The number of carbonyl (C=O) groups excluding carboxylic acids is 1. The molecule has 0 rings (SSSR count). The lowest BCUT2D eigenvalue weighted by Crippen LogP contribution is -2.00. The van der Waals surface area contributed by atoms with Gasteiger partial charge in [0.25, 0.3) is 0 Å². The molecule has 0 aliphatic heterocycles. The van der Waals surface area contributed by atoms with Gasteiger partial charge in [0, 0.05) is 12.2 Å². The molecule has 0 aliphatic rings. The van der Waals surface area contributed by atoms with Gasteiger partial charge >= 0.3 is 11.9 Å². The van der Waals surface area contributed by atoms with Gasteiger partial charge in [0.15, 0.2) is 0 Å². The normalized spacial score (nSPS) is 6.50. The van der Waals surface area contributed by atoms with Gasteiger partial charge in [0.1, 0.15) is 0 Å². The third-order valence-electron chi connectivity index (χ3n) is 1.08. The first-order valence-electron chi connectivity index (χ1n) is 5.23. The van der Waals surface area contributed by atoms with Gasteiger partial charge in [-0.2, -0.15) is 0 Å². The first-order chi connectivity index (χ1) is 8.58. The summed E-state index contributed by atoms with van der Waals surface area (Å²) in [5.41, 5.74) is 0. The number of ether oxygens (including phenoxy) is 1. The lowest BCUT2D eigenvalue weighted by molar-refractivity contribution is -0.137. The molecular weight excluding hydrogens is 232 g/mol. The maximum Gasteiger partial charge on any atom is 0.330 e. The molecule has 1 N–H and O–H groups in total. The van der Waals surface area contributed by atoms with E-state index in [9.17, 15) is 9.59 Å². The number of unbranched alkanes of at least 4 members (excludes halogenated alkanes) is 1. The highest BCUT2D eigenvalue weighted by molar-refractivity contribution is 5.81. The molecule has 0 atom stereocenters. The van der Waals surface area contributed by atoms with E-state index in [1.54, 1.807) is 0 Å². The van der Waals surface area contributed by atoms with E-state index in [1.807, 2.05) is 6.92 Å². The molecule has 4 nitrogen and oxygen atoms in total. The van der Waals surface area contributed by atoms with Crippen LogP contribution in [-0.2, 0) is 14.3 Å². The minimum atomic E-state index is -0.981. The van der Waals surface area contributed by atoms with Crippen LogP contribution in [0, 0.1) is 0 Å². The number of esters is 1. The second-order valence-corrected chi connectivity index (χ2v) is 2.27. The highest BCUT2D eigenvalue weighted by Gasteiger charge is 1.91. The van der Waals surface area contributed by atoms with Crippen LogP contribution >= 0.6 is 0 Å². The van der Waals surface area contributed by atoms with Crippen molar-refractivity contribution in [2.24, 2.45) is 0 Å². The lowest BCUT2D eigenvalue weighted by Gasteiger charge is -1.97. The number of aliphatic carboxylic acids is 1. The zero-order valence-corrected chi connectivity index (χ0v) is 11.2.